The number of methoxy groups -OCH3 is 1. The maximum Gasteiger partial charge on any atom is 0.177 e. The highest BCUT2D eigenvalue weighted by Crippen LogP contribution is 2.25. The predicted molar refractivity (Wildman–Crippen MR) is 105 cm³/mol. The molecule has 3 rings (SSSR count). The molecule has 0 atom stereocenters. The van der Waals surface area contributed by atoms with Gasteiger partial charge in [0.2, 0.25) is 0 Å². The van der Waals surface area contributed by atoms with Crippen LogP contribution in [0.3, 0.4) is 0 Å². The predicted octanol–water partition coefficient (Wildman–Crippen LogP) is 4.20. The number of nitrogens with zero attached hydrogens (tertiary/aromatic N) is 1. The Hall–Kier alpha value is -3.08. The zero-order valence-corrected chi connectivity index (χ0v) is 16.1. The topological polar surface area (TPSA) is 64.2 Å². The third kappa shape index (κ3) is 4.56. The van der Waals surface area contributed by atoms with Crippen molar-refractivity contribution in [1.82, 2.24) is 9.97 Å². The minimum Gasteiger partial charge on any atom is -0.497 e. The summed E-state index contributed by atoms with van der Waals surface area (Å²) in [7, 11) is 1.63. The number of hydrogen-bond donors (Lipinski definition) is 1. The molecule has 0 fully saturated rings. The fraction of sp³-hybridized carbons (Fsp3) is 0.273. The van der Waals surface area contributed by atoms with E-state index in [0.717, 1.165) is 33.9 Å². The fourth-order valence-corrected chi connectivity index (χ4v) is 3.17. The molecule has 0 aliphatic rings. The van der Waals surface area contributed by atoms with E-state index in [0.29, 0.717) is 5.82 Å². The van der Waals surface area contributed by atoms with Crippen LogP contribution in [0, 0.1) is 20.8 Å². The molecule has 5 heteroatoms. The summed E-state index contributed by atoms with van der Waals surface area (Å²) in [6.07, 6.45) is 1.93. The highest BCUT2D eigenvalue weighted by atomic mass is 16.5. The number of ketones is 1. The highest BCUT2D eigenvalue weighted by molar-refractivity contribution is 5.82. The second-order valence-corrected chi connectivity index (χ2v) is 6.71. The van der Waals surface area contributed by atoms with Crippen molar-refractivity contribution < 1.29 is 14.3 Å². The minimum absolute atomic E-state index is 0.0269. The molecule has 0 spiro atoms. The van der Waals surface area contributed by atoms with E-state index in [1.807, 2.05) is 45.0 Å². The van der Waals surface area contributed by atoms with E-state index in [2.05, 4.69) is 22.1 Å². The van der Waals surface area contributed by atoms with Crippen molar-refractivity contribution in [2.75, 3.05) is 13.7 Å². The highest BCUT2D eigenvalue weighted by Gasteiger charge is 2.12. The monoisotopic (exact) mass is 364 g/mol. The first-order chi connectivity index (χ1) is 13.0. The van der Waals surface area contributed by atoms with Crippen LogP contribution in [-0.4, -0.2) is 29.5 Å². The molecule has 140 valence electrons. The van der Waals surface area contributed by atoms with Crippen LogP contribution in [0.15, 0.2) is 42.6 Å². The zero-order chi connectivity index (χ0) is 19.4. The van der Waals surface area contributed by atoms with Crippen molar-refractivity contribution in [1.29, 1.82) is 0 Å². The summed E-state index contributed by atoms with van der Waals surface area (Å²) in [4.78, 5) is 19.8. The summed E-state index contributed by atoms with van der Waals surface area (Å²) in [5.74, 6) is 2.15. The molecule has 0 saturated carbocycles. The lowest BCUT2D eigenvalue weighted by Gasteiger charge is -2.12. The molecule has 0 amide bonds. The summed E-state index contributed by atoms with van der Waals surface area (Å²) >= 11 is 0. The molecule has 1 aromatic heterocycles. The van der Waals surface area contributed by atoms with E-state index in [9.17, 15) is 4.79 Å². The van der Waals surface area contributed by atoms with Crippen molar-refractivity contribution in [3.63, 3.8) is 0 Å². The number of carbonyl (C=O) groups is 1. The fourth-order valence-electron chi connectivity index (χ4n) is 3.17. The molecule has 3 aromatic rings. The number of imidazole rings is 1. The number of aromatic nitrogens is 2. The van der Waals surface area contributed by atoms with Gasteiger partial charge in [0.1, 0.15) is 23.9 Å². The Balaban J connectivity index is 1.63. The number of H-pyrrole nitrogens is 1. The van der Waals surface area contributed by atoms with Crippen LogP contribution in [0.5, 0.6) is 11.5 Å². The van der Waals surface area contributed by atoms with Crippen molar-refractivity contribution in [3.8, 4) is 22.8 Å². The Morgan fingerprint density at radius 2 is 1.85 bits per heavy atom. The molecular weight excluding hydrogens is 340 g/mol. The Bertz CT molecular complexity index is 937. The average Bonchev–Trinajstić information content (AvgIpc) is 3.09. The first-order valence-electron chi connectivity index (χ1n) is 8.87. The Labute approximate surface area is 159 Å². The number of carbonyl (C=O) groups excluding carboxylic acids is 1. The van der Waals surface area contributed by atoms with Crippen molar-refractivity contribution in [3.05, 3.63) is 65.1 Å². The van der Waals surface area contributed by atoms with E-state index in [1.165, 1.54) is 5.56 Å². The molecule has 1 N–H and O–H groups in total. The van der Waals surface area contributed by atoms with Gasteiger partial charge in [-0.25, -0.2) is 4.98 Å². The van der Waals surface area contributed by atoms with Gasteiger partial charge in [0.15, 0.2) is 5.78 Å². The van der Waals surface area contributed by atoms with Gasteiger partial charge in [-0.3, -0.25) is 4.79 Å². The van der Waals surface area contributed by atoms with E-state index in [4.69, 9.17) is 9.47 Å². The molecule has 5 nitrogen and oxygen atoms in total. The van der Waals surface area contributed by atoms with Gasteiger partial charge in [-0.15, -0.1) is 0 Å². The summed E-state index contributed by atoms with van der Waals surface area (Å²) in [5, 5.41) is 0. The molecule has 0 radical (unpaired) electrons. The van der Waals surface area contributed by atoms with Gasteiger partial charge in [0.25, 0.3) is 0 Å². The number of nitrogens with one attached hydrogen (secondary N) is 1. The first kappa shape index (κ1) is 18.7. The number of benzene rings is 2. The Kier molecular flexibility index (Phi) is 5.60. The van der Waals surface area contributed by atoms with E-state index < -0.39 is 0 Å². The van der Waals surface area contributed by atoms with E-state index in [1.54, 1.807) is 13.3 Å². The molecule has 0 unspecified atom stereocenters. The summed E-state index contributed by atoms with van der Waals surface area (Å²) in [6, 6.07) is 11.8. The lowest BCUT2D eigenvalue weighted by Crippen LogP contribution is -2.15. The van der Waals surface area contributed by atoms with Gasteiger partial charge in [-0.05, 0) is 44.0 Å². The van der Waals surface area contributed by atoms with Crippen molar-refractivity contribution >= 4 is 5.78 Å². The molecular formula is C22H24N2O3. The van der Waals surface area contributed by atoms with Gasteiger partial charge in [-0.1, -0.05) is 29.8 Å². The number of hydrogen-bond acceptors (Lipinski definition) is 4. The number of aryl methyl sites for hydroxylation is 3. The Morgan fingerprint density at radius 3 is 2.56 bits per heavy atom. The van der Waals surface area contributed by atoms with Crippen molar-refractivity contribution in [2.45, 2.75) is 27.2 Å². The van der Waals surface area contributed by atoms with Crippen LogP contribution < -0.4 is 9.47 Å². The van der Waals surface area contributed by atoms with Gasteiger partial charge in [0.05, 0.1) is 25.4 Å². The molecule has 0 aliphatic carbocycles. The maximum absolute atomic E-state index is 12.3. The number of ether oxygens (including phenoxy) is 2. The molecule has 2 aromatic carbocycles. The van der Waals surface area contributed by atoms with Crippen LogP contribution in [-0.2, 0) is 11.2 Å². The smallest absolute Gasteiger partial charge is 0.177 e. The number of Topliss-reactive ketones (excluding diaryl/α,β-unsaturated/α-hetero) is 1. The number of rotatable bonds is 7. The molecule has 0 aliphatic heterocycles. The molecule has 0 saturated heterocycles. The van der Waals surface area contributed by atoms with Crippen LogP contribution in [0.1, 0.15) is 22.5 Å². The van der Waals surface area contributed by atoms with E-state index >= 15 is 0 Å². The van der Waals surface area contributed by atoms with Crippen LogP contribution >= 0.6 is 0 Å². The van der Waals surface area contributed by atoms with Crippen LogP contribution in [0.25, 0.3) is 11.3 Å². The van der Waals surface area contributed by atoms with Gasteiger partial charge in [0, 0.05) is 5.56 Å². The van der Waals surface area contributed by atoms with Crippen LogP contribution in [0.2, 0.25) is 0 Å². The quantitative estimate of drug-likeness (QED) is 0.682. The summed E-state index contributed by atoms with van der Waals surface area (Å²) in [6.45, 7) is 6.06. The lowest BCUT2D eigenvalue weighted by atomic mass is 10.1. The second-order valence-electron chi connectivity index (χ2n) is 6.71. The van der Waals surface area contributed by atoms with Gasteiger partial charge in [-0.2, -0.15) is 0 Å². The molecule has 1 heterocycles. The largest absolute Gasteiger partial charge is 0.497 e. The number of aromatic amines is 1. The normalized spacial score (nSPS) is 10.7. The van der Waals surface area contributed by atoms with Gasteiger partial charge < -0.3 is 14.5 Å². The summed E-state index contributed by atoms with van der Waals surface area (Å²) < 4.78 is 11.0. The minimum atomic E-state index is -0.0269. The second kappa shape index (κ2) is 8.08. The van der Waals surface area contributed by atoms with Crippen LogP contribution in [0.4, 0.5) is 0 Å². The average molecular weight is 364 g/mol. The SMILES string of the molecule is COc1cccc(-c2cnc(CC(=O)COc3c(C)cc(C)cc3C)[nH]2)c1. The molecule has 0 bridgehead atoms. The maximum atomic E-state index is 12.3. The van der Waals surface area contributed by atoms with Gasteiger partial charge >= 0.3 is 0 Å². The third-order valence-electron chi connectivity index (χ3n) is 4.36. The third-order valence-corrected chi connectivity index (χ3v) is 4.36. The van der Waals surface area contributed by atoms with Crippen molar-refractivity contribution in [2.24, 2.45) is 0 Å². The molecule has 27 heavy (non-hydrogen) atoms. The summed E-state index contributed by atoms with van der Waals surface area (Å²) in [5.41, 5.74) is 5.08. The zero-order valence-electron chi connectivity index (χ0n) is 16.1. The Morgan fingerprint density at radius 1 is 1.11 bits per heavy atom. The standard InChI is InChI=1S/C22H24N2O3/c1-14-8-15(2)22(16(3)9-14)27-13-18(25)11-21-23-12-20(24-21)17-6-5-7-19(10-17)26-4/h5-10,12H,11,13H2,1-4H3,(H,23,24). The van der Waals surface area contributed by atoms with E-state index in [-0.39, 0.29) is 18.8 Å². The lowest BCUT2D eigenvalue weighted by molar-refractivity contribution is -0.120. The first-order valence-corrected chi connectivity index (χ1v) is 8.87.